The van der Waals surface area contributed by atoms with Crippen molar-refractivity contribution in [3.8, 4) is 5.75 Å². The summed E-state index contributed by atoms with van der Waals surface area (Å²) in [5, 5.41) is 11.8. The van der Waals surface area contributed by atoms with Gasteiger partial charge in [0, 0.05) is 12.8 Å². The van der Waals surface area contributed by atoms with Crippen molar-refractivity contribution in [1.29, 1.82) is 0 Å². The summed E-state index contributed by atoms with van der Waals surface area (Å²) in [6.45, 7) is 0.0847. The molecule has 0 atom stereocenters. The summed E-state index contributed by atoms with van der Waals surface area (Å²) in [6.07, 6.45) is 1.03. The first kappa shape index (κ1) is 15.2. The molecule has 4 nitrogen and oxygen atoms in total. The summed E-state index contributed by atoms with van der Waals surface area (Å²) < 4.78 is 49.7. The lowest BCUT2D eigenvalue weighted by atomic mass is 10.2. The Bertz CT molecular complexity index is 776. The van der Waals surface area contributed by atoms with Gasteiger partial charge in [-0.25, -0.2) is 17.2 Å². The third kappa shape index (κ3) is 3.69. The molecule has 0 radical (unpaired) electrons. The zero-order valence-electron chi connectivity index (χ0n) is 11.1. The standard InChI is InChI=1S/C14H13F2NO3S/c1-21(19,20)10-3-4-11(15)13(7-10)17-8-9-2-5-14(18)12(16)6-9/h2-7,17-18H,8H2,1H3. The number of phenols is 1. The van der Waals surface area contributed by atoms with Crippen LogP contribution in [0.3, 0.4) is 0 Å². The molecule has 0 saturated heterocycles. The Balaban J connectivity index is 2.21. The zero-order chi connectivity index (χ0) is 15.6. The van der Waals surface area contributed by atoms with Gasteiger partial charge in [0.25, 0.3) is 0 Å². The van der Waals surface area contributed by atoms with Gasteiger partial charge in [0.1, 0.15) is 5.82 Å². The predicted molar refractivity (Wildman–Crippen MR) is 74.9 cm³/mol. The van der Waals surface area contributed by atoms with Crippen molar-refractivity contribution >= 4 is 15.5 Å². The molecule has 0 saturated carbocycles. The molecule has 0 aliphatic rings. The van der Waals surface area contributed by atoms with Gasteiger partial charge in [-0.3, -0.25) is 0 Å². The number of hydrogen-bond acceptors (Lipinski definition) is 4. The smallest absolute Gasteiger partial charge is 0.175 e. The van der Waals surface area contributed by atoms with Gasteiger partial charge in [-0.15, -0.1) is 0 Å². The number of aromatic hydroxyl groups is 1. The SMILES string of the molecule is CS(=O)(=O)c1ccc(F)c(NCc2ccc(O)c(F)c2)c1. The van der Waals surface area contributed by atoms with E-state index in [4.69, 9.17) is 5.11 Å². The van der Waals surface area contributed by atoms with Gasteiger partial charge >= 0.3 is 0 Å². The zero-order valence-corrected chi connectivity index (χ0v) is 11.9. The van der Waals surface area contributed by atoms with Crippen LogP contribution in [0.5, 0.6) is 5.75 Å². The maximum atomic E-state index is 13.6. The topological polar surface area (TPSA) is 66.4 Å². The molecule has 0 unspecified atom stereocenters. The van der Waals surface area contributed by atoms with Gasteiger partial charge in [-0.05, 0) is 35.9 Å². The monoisotopic (exact) mass is 313 g/mol. The molecule has 0 fully saturated rings. The molecule has 2 rings (SSSR count). The third-order valence-corrected chi connectivity index (χ3v) is 3.97. The number of hydrogen-bond donors (Lipinski definition) is 2. The summed E-state index contributed by atoms with van der Waals surface area (Å²) in [6, 6.07) is 7.19. The Hall–Kier alpha value is -2.15. The number of anilines is 1. The van der Waals surface area contributed by atoms with Gasteiger partial charge in [0.05, 0.1) is 10.6 Å². The van der Waals surface area contributed by atoms with E-state index in [0.717, 1.165) is 18.4 Å². The second-order valence-electron chi connectivity index (χ2n) is 4.55. The molecule has 112 valence electrons. The predicted octanol–water partition coefficient (Wildman–Crippen LogP) is 2.69. The first-order valence-corrected chi connectivity index (χ1v) is 7.87. The van der Waals surface area contributed by atoms with Crippen LogP contribution < -0.4 is 5.32 Å². The van der Waals surface area contributed by atoms with Crippen LogP contribution in [0.25, 0.3) is 0 Å². The molecular formula is C14H13F2NO3S. The van der Waals surface area contributed by atoms with Gasteiger partial charge < -0.3 is 10.4 Å². The lowest BCUT2D eigenvalue weighted by molar-refractivity contribution is 0.432. The normalized spacial score (nSPS) is 11.4. The fourth-order valence-electron chi connectivity index (χ4n) is 1.73. The van der Waals surface area contributed by atoms with E-state index in [9.17, 15) is 17.2 Å². The molecule has 0 heterocycles. The largest absolute Gasteiger partial charge is 0.505 e. The summed E-state index contributed by atoms with van der Waals surface area (Å²) in [5.41, 5.74) is 0.487. The van der Waals surface area contributed by atoms with E-state index >= 15 is 0 Å². The van der Waals surface area contributed by atoms with Crippen LogP contribution in [0.4, 0.5) is 14.5 Å². The first-order valence-electron chi connectivity index (χ1n) is 5.98. The maximum absolute atomic E-state index is 13.6. The highest BCUT2D eigenvalue weighted by Gasteiger charge is 2.11. The van der Waals surface area contributed by atoms with Gasteiger partial charge in [0.15, 0.2) is 21.4 Å². The van der Waals surface area contributed by atoms with Crippen LogP contribution in [0.15, 0.2) is 41.3 Å². The number of halogens is 2. The summed E-state index contributed by atoms with van der Waals surface area (Å²) in [4.78, 5) is -0.0108. The molecule has 0 bridgehead atoms. The summed E-state index contributed by atoms with van der Waals surface area (Å²) in [7, 11) is -3.44. The molecule has 0 spiro atoms. The van der Waals surface area contributed by atoms with Crippen molar-refractivity contribution in [3.63, 3.8) is 0 Å². The molecule has 0 aliphatic carbocycles. The molecule has 21 heavy (non-hydrogen) atoms. The first-order chi connectivity index (χ1) is 9.77. The number of phenolic OH excluding ortho intramolecular Hbond substituents is 1. The number of rotatable bonds is 4. The third-order valence-electron chi connectivity index (χ3n) is 2.86. The van der Waals surface area contributed by atoms with Crippen LogP contribution >= 0.6 is 0 Å². The lowest BCUT2D eigenvalue weighted by Crippen LogP contribution is -2.04. The van der Waals surface area contributed by atoms with Gasteiger partial charge in [0.2, 0.25) is 0 Å². The Kier molecular flexibility index (Phi) is 4.13. The number of benzene rings is 2. The van der Waals surface area contributed by atoms with E-state index in [1.54, 1.807) is 0 Å². The van der Waals surface area contributed by atoms with Crippen LogP contribution in [-0.2, 0) is 16.4 Å². The van der Waals surface area contributed by atoms with Crippen molar-refractivity contribution < 1.29 is 22.3 Å². The van der Waals surface area contributed by atoms with Crippen LogP contribution in [0.1, 0.15) is 5.56 Å². The molecule has 0 amide bonds. The fraction of sp³-hybridized carbons (Fsp3) is 0.143. The van der Waals surface area contributed by atoms with Gasteiger partial charge in [-0.1, -0.05) is 6.07 Å². The average Bonchev–Trinajstić information content (AvgIpc) is 2.40. The van der Waals surface area contributed by atoms with E-state index in [1.165, 1.54) is 24.3 Å². The van der Waals surface area contributed by atoms with E-state index < -0.39 is 27.2 Å². The van der Waals surface area contributed by atoms with E-state index in [1.807, 2.05) is 0 Å². The van der Waals surface area contributed by atoms with Crippen molar-refractivity contribution in [3.05, 3.63) is 53.6 Å². The number of sulfone groups is 1. The molecule has 2 aromatic rings. The lowest BCUT2D eigenvalue weighted by Gasteiger charge is -2.09. The quantitative estimate of drug-likeness (QED) is 0.852. The van der Waals surface area contributed by atoms with Crippen LogP contribution in [0.2, 0.25) is 0 Å². The Labute approximate surface area is 121 Å². The molecular weight excluding hydrogens is 300 g/mol. The van der Waals surface area contributed by atoms with Crippen molar-refractivity contribution in [2.45, 2.75) is 11.4 Å². The van der Waals surface area contributed by atoms with Crippen molar-refractivity contribution in [1.82, 2.24) is 0 Å². The molecule has 2 N–H and O–H groups in total. The molecule has 7 heteroatoms. The number of nitrogens with one attached hydrogen (secondary N) is 1. The van der Waals surface area contributed by atoms with E-state index in [0.29, 0.717) is 5.56 Å². The van der Waals surface area contributed by atoms with Gasteiger partial charge in [-0.2, -0.15) is 0 Å². The second kappa shape index (κ2) is 5.69. The van der Waals surface area contributed by atoms with Crippen molar-refractivity contribution in [2.75, 3.05) is 11.6 Å². The Morgan fingerprint density at radius 2 is 1.81 bits per heavy atom. The minimum atomic E-state index is -3.44. The van der Waals surface area contributed by atoms with Crippen LogP contribution in [-0.4, -0.2) is 19.8 Å². The van der Waals surface area contributed by atoms with E-state index in [2.05, 4.69) is 5.32 Å². The molecule has 0 aliphatic heterocycles. The minimum Gasteiger partial charge on any atom is -0.505 e. The Morgan fingerprint density at radius 3 is 2.43 bits per heavy atom. The fourth-order valence-corrected chi connectivity index (χ4v) is 2.38. The highest BCUT2D eigenvalue weighted by Crippen LogP contribution is 2.21. The average molecular weight is 313 g/mol. The highest BCUT2D eigenvalue weighted by molar-refractivity contribution is 7.90. The summed E-state index contributed by atoms with van der Waals surface area (Å²) in [5.74, 6) is -1.86. The van der Waals surface area contributed by atoms with Crippen molar-refractivity contribution in [2.24, 2.45) is 0 Å². The minimum absolute atomic E-state index is 0.00593. The van der Waals surface area contributed by atoms with Crippen LogP contribution in [0, 0.1) is 11.6 Å². The highest BCUT2D eigenvalue weighted by atomic mass is 32.2. The molecule has 0 aromatic heterocycles. The molecule has 2 aromatic carbocycles. The maximum Gasteiger partial charge on any atom is 0.175 e. The second-order valence-corrected chi connectivity index (χ2v) is 6.57. The van der Waals surface area contributed by atoms with E-state index in [-0.39, 0.29) is 17.1 Å². The summed E-state index contributed by atoms with van der Waals surface area (Å²) >= 11 is 0. The Morgan fingerprint density at radius 1 is 1.10 bits per heavy atom.